The van der Waals surface area contributed by atoms with E-state index in [4.69, 9.17) is 20.9 Å². The van der Waals surface area contributed by atoms with Gasteiger partial charge in [0.2, 0.25) is 0 Å². The lowest BCUT2D eigenvalue weighted by Crippen LogP contribution is -2.40. The molecule has 0 saturated carbocycles. The number of hydrogen-bond acceptors (Lipinski definition) is 4. The number of carbonyl (C=O) groups excluding carboxylic acids is 1. The number of amides is 1. The standard InChI is InChI=1S/C22H21ClN2O3/c1-14-20(21(25-28-14)17-9-5-6-10-18(17)23)22(26)24-16-11-12-27-19(13-16)15-7-3-2-4-8-15/h2-10,16,19H,11-13H2,1H3,(H,24,26). The monoisotopic (exact) mass is 396 g/mol. The average Bonchev–Trinajstić information content (AvgIpc) is 3.10. The molecule has 0 spiro atoms. The van der Waals surface area contributed by atoms with Crippen molar-refractivity contribution in [2.45, 2.75) is 31.9 Å². The summed E-state index contributed by atoms with van der Waals surface area (Å²) in [6.45, 7) is 2.34. The summed E-state index contributed by atoms with van der Waals surface area (Å²) >= 11 is 6.29. The largest absolute Gasteiger partial charge is 0.373 e. The molecule has 5 nitrogen and oxygen atoms in total. The quantitative estimate of drug-likeness (QED) is 0.677. The summed E-state index contributed by atoms with van der Waals surface area (Å²) in [7, 11) is 0. The molecule has 1 aromatic heterocycles. The molecule has 1 saturated heterocycles. The lowest BCUT2D eigenvalue weighted by molar-refractivity contribution is 0.000903. The summed E-state index contributed by atoms with van der Waals surface area (Å²) < 4.78 is 11.2. The molecule has 1 fully saturated rings. The Morgan fingerprint density at radius 1 is 1.14 bits per heavy atom. The number of benzene rings is 2. The Hall–Kier alpha value is -2.63. The van der Waals surface area contributed by atoms with E-state index in [0.717, 1.165) is 18.4 Å². The van der Waals surface area contributed by atoms with Crippen LogP contribution in [0.2, 0.25) is 5.02 Å². The van der Waals surface area contributed by atoms with Gasteiger partial charge in [0.15, 0.2) is 0 Å². The molecule has 0 aliphatic carbocycles. The van der Waals surface area contributed by atoms with Crippen molar-refractivity contribution in [3.05, 3.63) is 76.5 Å². The molecular weight excluding hydrogens is 376 g/mol. The lowest BCUT2D eigenvalue weighted by atomic mass is 9.97. The molecule has 3 aromatic rings. The molecular formula is C22H21ClN2O3. The minimum absolute atomic E-state index is 0.0138. The Morgan fingerprint density at radius 3 is 2.68 bits per heavy atom. The smallest absolute Gasteiger partial charge is 0.257 e. The molecule has 1 amide bonds. The van der Waals surface area contributed by atoms with Gasteiger partial charge in [0, 0.05) is 18.2 Å². The van der Waals surface area contributed by atoms with E-state index in [9.17, 15) is 4.79 Å². The van der Waals surface area contributed by atoms with Gasteiger partial charge in [-0.2, -0.15) is 0 Å². The van der Waals surface area contributed by atoms with Crippen molar-refractivity contribution < 1.29 is 14.1 Å². The van der Waals surface area contributed by atoms with E-state index in [1.807, 2.05) is 36.4 Å². The fourth-order valence-electron chi connectivity index (χ4n) is 3.56. The van der Waals surface area contributed by atoms with Gasteiger partial charge in [-0.25, -0.2) is 0 Å². The number of aryl methyl sites for hydroxylation is 1. The highest BCUT2D eigenvalue weighted by Gasteiger charge is 2.28. The number of ether oxygens (including phenoxy) is 1. The van der Waals surface area contributed by atoms with Crippen LogP contribution in [0.25, 0.3) is 11.3 Å². The summed E-state index contributed by atoms with van der Waals surface area (Å²) in [5.74, 6) is 0.270. The van der Waals surface area contributed by atoms with Gasteiger partial charge in [-0.15, -0.1) is 0 Å². The molecule has 2 atom stereocenters. The molecule has 1 aliphatic rings. The van der Waals surface area contributed by atoms with Crippen LogP contribution in [0.3, 0.4) is 0 Å². The fourth-order valence-corrected chi connectivity index (χ4v) is 3.79. The zero-order valence-corrected chi connectivity index (χ0v) is 16.3. The van der Waals surface area contributed by atoms with Crippen molar-refractivity contribution in [3.63, 3.8) is 0 Å². The Balaban J connectivity index is 1.53. The Bertz CT molecular complexity index is 971. The molecule has 1 aliphatic heterocycles. The minimum atomic E-state index is -0.201. The van der Waals surface area contributed by atoms with Crippen molar-refractivity contribution in [3.8, 4) is 11.3 Å². The molecule has 2 aromatic carbocycles. The molecule has 4 rings (SSSR count). The van der Waals surface area contributed by atoms with E-state index >= 15 is 0 Å². The van der Waals surface area contributed by atoms with Crippen LogP contribution in [0.5, 0.6) is 0 Å². The van der Waals surface area contributed by atoms with Crippen molar-refractivity contribution in [2.75, 3.05) is 6.61 Å². The van der Waals surface area contributed by atoms with Crippen LogP contribution in [0.15, 0.2) is 59.1 Å². The molecule has 28 heavy (non-hydrogen) atoms. The van der Waals surface area contributed by atoms with Gasteiger partial charge < -0.3 is 14.6 Å². The van der Waals surface area contributed by atoms with Crippen LogP contribution in [0, 0.1) is 6.92 Å². The van der Waals surface area contributed by atoms with Crippen LogP contribution in [0.1, 0.15) is 40.6 Å². The van der Waals surface area contributed by atoms with E-state index in [2.05, 4.69) is 22.6 Å². The Labute approximate surface area is 168 Å². The third-order valence-electron chi connectivity index (χ3n) is 5.01. The second-order valence-electron chi connectivity index (χ2n) is 6.91. The SMILES string of the molecule is Cc1onc(-c2ccccc2Cl)c1C(=O)NC1CCOC(c2ccccc2)C1. The van der Waals surface area contributed by atoms with Gasteiger partial charge in [0.1, 0.15) is 17.0 Å². The Morgan fingerprint density at radius 2 is 1.89 bits per heavy atom. The van der Waals surface area contributed by atoms with Crippen molar-refractivity contribution in [2.24, 2.45) is 0 Å². The number of aromatic nitrogens is 1. The molecule has 2 heterocycles. The predicted molar refractivity (Wildman–Crippen MR) is 107 cm³/mol. The highest BCUT2D eigenvalue weighted by Crippen LogP contribution is 2.32. The topological polar surface area (TPSA) is 64.4 Å². The first-order valence-corrected chi connectivity index (χ1v) is 9.70. The van der Waals surface area contributed by atoms with Gasteiger partial charge in [-0.05, 0) is 31.4 Å². The number of nitrogens with one attached hydrogen (secondary N) is 1. The van der Waals surface area contributed by atoms with E-state index in [0.29, 0.717) is 34.2 Å². The summed E-state index contributed by atoms with van der Waals surface area (Å²) in [6.07, 6.45) is 1.47. The fraction of sp³-hybridized carbons (Fsp3) is 0.273. The molecule has 6 heteroatoms. The van der Waals surface area contributed by atoms with Crippen LogP contribution < -0.4 is 5.32 Å². The average molecular weight is 397 g/mol. The predicted octanol–water partition coefficient (Wildman–Crippen LogP) is 4.95. The zero-order chi connectivity index (χ0) is 19.5. The molecule has 0 bridgehead atoms. The number of halogens is 1. The third-order valence-corrected chi connectivity index (χ3v) is 5.34. The van der Waals surface area contributed by atoms with Crippen molar-refractivity contribution in [1.82, 2.24) is 10.5 Å². The van der Waals surface area contributed by atoms with Crippen LogP contribution in [0.4, 0.5) is 0 Å². The summed E-state index contributed by atoms with van der Waals surface area (Å²) in [4.78, 5) is 13.0. The third kappa shape index (κ3) is 3.81. The molecule has 144 valence electrons. The summed E-state index contributed by atoms with van der Waals surface area (Å²) in [5, 5.41) is 7.74. The number of nitrogens with zero attached hydrogens (tertiary/aromatic N) is 1. The zero-order valence-electron chi connectivity index (χ0n) is 15.5. The minimum Gasteiger partial charge on any atom is -0.373 e. The molecule has 2 unspecified atom stereocenters. The van der Waals surface area contributed by atoms with E-state index in [-0.39, 0.29) is 18.1 Å². The van der Waals surface area contributed by atoms with Gasteiger partial charge in [0.25, 0.3) is 5.91 Å². The van der Waals surface area contributed by atoms with Gasteiger partial charge >= 0.3 is 0 Å². The van der Waals surface area contributed by atoms with E-state index < -0.39 is 0 Å². The molecule has 1 N–H and O–H groups in total. The second-order valence-corrected chi connectivity index (χ2v) is 7.31. The maximum Gasteiger partial charge on any atom is 0.257 e. The van der Waals surface area contributed by atoms with E-state index in [1.165, 1.54) is 0 Å². The van der Waals surface area contributed by atoms with Gasteiger partial charge in [-0.1, -0.05) is 65.3 Å². The van der Waals surface area contributed by atoms with Crippen molar-refractivity contribution >= 4 is 17.5 Å². The second kappa shape index (κ2) is 8.17. The van der Waals surface area contributed by atoms with Crippen LogP contribution in [-0.4, -0.2) is 23.7 Å². The Kier molecular flexibility index (Phi) is 5.46. The van der Waals surface area contributed by atoms with Gasteiger partial charge in [-0.3, -0.25) is 4.79 Å². The van der Waals surface area contributed by atoms with Crippen molar-refractivity contribution in [1.29, 1.82) is 0 Å². The summed E-state index contributed by atoms with van der Waals surface area (Å²) in [5.41, 5.74) is 2.70. The normalized spacial score (nSPS) is 19.4. The maximum atomic E-state index is 13.0. The first-order valence-electron chi connectivity index (χ1n) is 9.32. The maximum absolute atomic E-state index is 13.0. The highest BCUT2D eigenvalue weighted by atomic mass is 35.5. The summed E-state index contributed by atoms with van der Waals surface area (Å²) in [6, 6.07) is 17.4. The molecule has 0 radical (unpaired) electrons. The highest BCUT2D eigenvalue weighted by molar-refractivity contribution is 6.33. The number of carbonyl (C=O) groups is 1. The lowest BCUT2D eigenvalue weighted by Gasteiger charge is -2.30. The van der Waals surface area contributed by atoms with Crippen LogP contribution >= 0.6 is 11.6 Å². The number of rotatable bonds is 4. The van der Waals surface area contributed by atoms with Crippen LogP contribution in [-0.2, 0) is 4.74 Å². The van der Waals surface area contributed by atoms with E-state index in [1.54, 1.807) is 13.0 Å². The first kappa shape index (κ1) is 18.7. The first-order chi connectivity index (χ1) is 13.6. The number of hydrogen-bond donors (Lipinski definition) is 1. The van der Waals surface area contributed by atoms with Gasteiger partial charge in [0.05, 0.1) is 11.1 Å².